The van der Waals surface area contributed by atoms with Crippen molar-refractivity contribution in [3.05, 3.63) is 69.2 Å². The van der Waals surface area contributed by atoms with Crippen LogP contribution in [0.4, 0.5) is 0 Å². The van der Waals surface area contributed by atoms with Crippen LogP contribution in [-0.2, 0) is 24.1 Å². The van der Waals surface area contributed by atoms with E-state index < -0.39 is 0 Å². The van der Waals surface area contributed by atoms with Crippen molar-refractivity contribution in [2.75, 3.05) is 6.61 Å². The number of halogens is 1. The minimum Gasteiger partial charge on any atom is -0.394 e. The molecule has 0 saturated heterocycles. The molecule has 3 nitrogen and oxygen atoms in total. The summed E-state index contributed by atoms with van der Waals surface area (Å²) in [5, 5.41) is 13.7. The number of hydrogen-bond donors (Lipinski definition) is 2. The first kappa shape index (κ1) is 25.4. The van der Waals surface area contributed by atoms with Gasteiger partial charge in [0, 0.05) is 5.02 Å². The van der Waals surface area contributed by atoms with Gasteiger partial charge in [-0.3, -0.25) is 4.79 Å². The number of hydrogen-bond acceptors (Lipinski definition) is 2. The Morgan fingerprint density at radius 3 is 2.35 bits per heavy atom. The molecule has 0 aliphatic rings. The van der Waals surface area contributed by atoms with Gasteiger partial charge in [0.05, 0.1) is 19.1 Å². The maximum absolute atomic E-state index is 12.8. The quantitative estimate of drug-likeness (QED) is 0.498. The minimum atomic E-state index is -0.330. The second-order valence-electron chi connectivity index (χ2n) is 10.1. The van der Waals surface area contributed by atoms with Crippen LogP contribution in [0.25, 0.3) is 0 Å². The highest BCUT2D eigenvalue weighted by molar-refractivity contribution is 6.31. The van der Waals surface area contributed by atoms with Crippen molar-refractivity contribution in [2.24, 2.45) is 5.41 Å². The van der Waals surface area contributed by atoms with Crippen LogP contribution in [0.15, 0.2) is 36.4 Å². The lowest BCUT2D eigenvalue weighted by molar-refractivity contribution is -0.121. The van der Waals surface area contributed by atoms with Crippen LogP contribution in [0.1, 0.15) is 74.8 Å². The summed E-state index contributed by atoms with van der Waals surface area (Å²) in [4.78, 5) is 12.8. The monoisotopic (exact) mass is 443 g/mol. The van der Waals surface area contributed by atoms with Crippen LogP contribution >= 0.6 is 11.6 Å². The Morgan fingerprint density at radius 1 is 1.10 bits per heavy atom. The van der Waals surface area contributed by atoms with E-state index in [1.165, 1.54) is 16.7 Å². The number of benzene rings is 2. The van der Waals surface area contributed by atoms with E-state index in [1.54, 1.807) is 6.07 Å². The van der Waals surface area contributed by atoms with Gasteiger partial charge >= 0.3 is 0 Å². The number of rotatable bonds is 9. The first-order valence-electron chi connectivity index (χ1n) is 11.3. The third-order valence-corrected chi connectivity index (χ3v) is 6.16. The molecule has 0 aliphatic carbocycles. The number of aryl methyl sites for hydroxylation is 2. The fraction of sp³-hybridized carbons (Fsp3) is 0.519. The number of aliphatic hydroxyl groups is 1. The zero-order valence-corrected chi connectivity index (χ0v) is 20.6. The average molecular weight is 444 g/mol. The highest BCUT2D eigenvalue weighted by Crippen LogP contribution is 2.28. The molecule has 0 aromatic heterocycles. The van der Waals surface area contributed by atoms with Gasteiger partial charge in [0.25, 0.3) is 0 Å². The molecule has 31 heavy (non-hydrogen) atoms. The Hall–Kier alpha value is -1.84. The lowest BCUT2D eigenvalue weighted by Crippen LogP contribution is -2.40. The molecule has 2 aromatic rings. The second kappa shape index (κ2) is 11.2. The van der Waals surface area contributed by atoms with E-state index in [-0.39, 0.29) is 30.4 Å². The zero-order chi connectivity index (χ0) is 23.2. The van der Waals surface area contributed by atoms with Crippen LogP contribution in [-0.4, -0.2) is 23.7 Å². The molecule has 2 rings (SSSR count). The highest BCUT2D eigenvalue weighted by Gasteiger charge is 2.20. The number of amides is 1. The molecule has 0 aliphatic heterocycles. The van der Waals surface area contributed by atoms with Crippen molar-refractivity contribution in [3.8, 4) is 0 Å². The molecular formula is C27H38ClNO2. The maximum atomic E-state index is 12.8. The summed E-state index contributed by atoms with van der Waals surface area (Å²) in [6, 6.07) is 11.8. The Kier molecular flexibility index (Phi) is 9.14. The summed E-state index contributed by atoms with van der Waals surface area (Å²) < 4.78 is 0. The van der Waals surface area contributed by atoms with Gasteiger partial charge in [-0.15, -0.1) is 0 Å². The normalized spacial score (nSPS) is 12.8. The van der Waals surface area contributed by atoms with Gasteiger partial charge in [-0.2, -0.15) is 0 Å². The van der Waals surface area contributed by atoms with E-state index in [9.17, 15) is 9.90 Å². The first-order valence-corrected chi connectivity index (χ1v) is 11.6. The Morgan fingerprint density at radius 2 is 1.77 bits per heavy atom. The average Bonchev–Trinajstić information content (AvgIpc) is 2.68. The highest BCUT2D eigenvalue weighted by atomic mass is 35.5. The first-order chi connectivity index (χ1) is 14.5. The van der Waals surface area contributed by atoms with Gasteiger partial charge < -0.3 is 10.4 Å². The maximum Gasteiger partial charge on any atom is 0.224 e. The predicted octanol–water partition coefficient (Wildman–Crippen LogP) is 6.01. The lowest BCUT2D eigenvalue weighted by Gasteiger charge is -2.24. The van der Waals surface area contributed by atoms with Gasteiger partial charge in [-0.25, -0.2) is 0 Å². The van der Waals surface area contributed by atoms with Crippen molar-refractivity contribution in [1.29, 1.82) is 0 Å². The molecule has 170 valence electrons. The molecule has 4 heteroatoms. The molecule has 0 radical (unpaired) electrons. The van der Waals surface area contributed by atoms with E-state index in [0.717, 1.165) is 24.0 Å². The van der Waals surface area contributed by atoms with Crippen LogP contribution in [0, 0.1) is 12.3 Å². The van der Waals surface area contributed by atoms with E-state index >= 15 is 0 Å². The summed E-state index contributed by atoms with van der Waals surface area (Å²) in [7, 11) is 0. The van der Waals surface area contributed by atoms with Gasteiger partial charge in [0.15, 0.2) is 0 Å². The molecule has 2 aromatic carbocycles. The zero-order valence-electron chi connectivity index (χ0n) is 19.9. The third-order valence-electron chi connectivity index (χ3n) is 5.80. The Bertz CT molecular complexity index is 863. The molecular weight excluding hydrogens is 406 g/mol. The molecule has 0 saturated carbocycles. The number of nitrogens with one attached hydrogen (secondary N) is 1. The molecule has 0 spiro atoms. The van der Waals surface area contributed by atoms with E-state index in [2.05, 4.69) is 58.1 Å². The summed E-state index contributed by atoms with van der Waals surface area (Å²) >= 11 is 6.29. The van der Waals surface area contributed by atoms with Crippen molar-refractivity contribution in [2.45, 2.75) is 79.2 Å². The standard InChI is InChI=1S/C27H38ClNO2/c1-18(2)22-11-8-10-20(13-14-27(4,5)6)24(22)15-21(17-30)29-26(31)16-23-19(3)9-7-12-25(23)28/h7-12,18,21,30H,13-17H2,1-6H3,(H,29,31). The Labute approximate surface area is 193 Å². The predicted molar refractivity (Wildman–Crippen MR) is 131 cm³/mol. The van der Waals surface area contributed by atoms with E-state index in [4.69, 9.17) is 11.6 Å². The SMILES string of the molecule is Cc1cccc(Cl)c1CC(=O)NC(CO)Cc1c(CCC(C)(C)C)cccc1C(C)C. The summed E-state index contributed by atoms with van der Waals surface area (Å²) in [5.74, 6) is 0.263. The van der Waals surface area contributed by atoms with Crippen molar-refractivity contribution in [1.82, 2.24) is 5.32 Å². The van der Waals surface area contributed by atoms with Crippen molar-refractivity contribution < 1.29 is 9.90 Å². The summed E-state index contributed by atoms with van der Waals surface area (Å²) in [5.41, 5.74) is 5.96. The molecule has 2 N–H and O–H groups in total. The smallest absolute Gasteiger partial charge is 0.224 e. The lowest BCUT2D eigenvalue weighted by atomic mass is 9.84. The number of aliphatic hydroxyl groups excluding tert-OH is 1. The molecule has 0 bridgehead atoms. The fourth-order valence-electron chi connectivity index (χ4n) is 3.93. The third kappa shape index (κ3) is 7.66. The summed E-state index contributed by atoms with van der Waals surface area (Å²) in [6.07, 6.45) is 2.91. The number of carbonyl (C=O) groups excluding carboxylic acids is 1. The second-order valence-corrected chi connectivity index (χ2v) is 10.5. The molecule has 0 heterocycles. The van der Waals surface area contributed by atoms with Gasteiger partial charge in [-0.05, 0) is 71.4 Å². The van der Waals surface area contributed by atoms with Crippen LogP contribution in [0.5, 0.6) is 0 Å². The van der Waals surface area contributed by atoms with Gasteiger partial charge in [-0.1, -0.05) is 76.6 Å². The molecule has 1 unspecified atom stereocenters. The van der Waals surface area contributed by atoms with Gasteiger partial charge in [0.1, 0.15) is 0 Å². The van der Waals surface area contributed by atoms with Gasteiger partial charge in [0.2, 0.25) is 5.91 Å². The van der Waals surface area contributed by atoms with E-state index in [0.29, 0.717) is 17.4 Å². The van der Waals surface area contributed by atoms with Crippen LogP contribution in [0.2, 0.25) is 5.02 Å². The number of carbonyl (C=O) groups is 1. The van der Waals surface area contributed by atoms with Crippen LogP contribution in [0.3, 0.4) is 0 Å². The fourth-order valence-corrected chi connectivity index (χ4v) is 4.21. The Balaban J connectivity index is 2.20. The largest absolute Gasteiger partial charge is 0.394 e. The minimum absolute atomic E-state index is 0.0988. The summed E-state index contributed by atoms with van der Waals surface area (Å²) in [6.45, 7) is 13.0. The molecule has 1 atom stereocenters. The van der Waals surface area contributed by atoms with Crippen molar-refractivity contribution in [3.63, 3.8) is 0 Å². The molecule has 1 amide bonds. The van der Waals surface area contributed by atoms with E-state index in [1.807, 2.05) is 19.1 Å². The topological polar surface area (TPSA) is 49.3 Å². The van der Waals surface area contributed by atoms with Crippen LogP contribution < -0.4 is 5.32 Å². The molecule has 0 fully saturated rings. The van der Waals surface area contributed by atoms with Crippen molar-refractivity contribution >= 4 is 17.5 Å².